The number of aromatic nitrogens is 5. The molecule has 0 saturated carbocycles. The number of nitrogens with zero attached hydrogens (tertiary/aromatic N) is 5. The van der Waals surface area contributed by atoms with Crippen molar-refractivity contribution in [2.45, 2.75) is 26.5 Å². The summed E-state index contributed by atoms with van der Waals surface area (Å²) in [5.41, 5.74) is 1.35. The van der Waals surface area contributed by atoms with Gasteiger partial charge in [0, 0.05) is 5.56 Å². The van der Waals surface area contributed by atoms with Crippen molar-refractivity contribution in [2.75, 3.05) is 5.32 Å². The molecule has 0 bridgehead atoms. The Kier molecular flexibility index (Phi) is 4.98. The summed E-state index contributed by atoms with van der Waals surface area (Å²) in [4.78, 5) is 17.0. The van der Waals surface area contributed by atoms with E-state index in [9.17, 15) is 4.79 Å². The quantitative estimate of drug-likeness (QED) is 0.536. The van der Waals surface area contributed by atoms with E-state index in [1.54, 1.807) is 28.9 Å². The van der Waals surface area contributed by atoms with Gasteiger partial charge in [-0.3, -0.25) is 10.1 Å². The standard InChI is InChI=1S/C19H18N6O2S/c1-12(2)25-17(22-23-24-25)11-27-14-7-5-6-13(10-14)18(26)21-19-20-15-8-3-4-9-16(15)28-19/h3-10,12H,11H2,1-2H3,(H,20,21,26). The molecule has 0 atom stereocenters. The number of nitrogens with one attached hydrogen (secondary N) is 1. The van der Waals surface area contributed by atoms with E-state index >= 15 is 0 Å². The average Bonchev–Trinajstić information content (AvgIpc) is 3.32. The Morgan fingerprint density at radius 3 is 2.89 bits per heavy atom. The number of para-hydroxylation sites is 1. The minimum absolute atomic E-state index is 0.138. The number of hydrogen-bond donors (Lipinski definition) is 1. The van der Waals surface area contributed by atoms with Gasteiger partial charge in [0.15, 0.2) is 11.0 Å². The summed E-state index contributed by atoms with van der Waals surface area (Å²) in [6, 6.07) is 14.9. The highest BCUT2D eigenvalue weighted by Crippen LogP contribution is 2.26. The molecule has 142 valence electrons. The average molecular weight is 394 g/mol. The number of amides is 1. The minimum atomic E-state index is -0.239. The lowest BCUT2D eigenvalue weighted by atomic mass is 10.2. The highest BCUT2D eigenvalue weighted by Gasteiger charge is 2.12. The molecule has 1 N–H and O–H groups in total. The highest BCUT2D eigenvalue weighted by molar-refractivity contribution is 7.22. The lowest BCUT2D eigenvalue weighted by Crippen LogP contribution is -2.12. The third-order valence-corrected chi connectivity index (χ3v) is 4.98. The molecule has 9 heteroatoms. The van der Waals surface area contributed by atoms with Crippen LogP contribution in [0.15, 0.2) is 48.5 Å². The fraction of sp³-hybridized carbons (Fsp3) is 0.211. The van der Waals surface area contributed by atoms with E-state index in [0.717, 1.165) is 10.2 Å². The first kappa shape index (κ1) is 18.1. The predicted octanol–water partition coefficient (Wildman–Crippen LogP) is 3.70. The molecular weight excluding hydrogens is 376 g/mol. The summed E-state index contributed by atoms with van der Waals surface area (Å²) < 4.78 is 8.50. The molecule has 0 aliphatic carbocycles. The van der Waals surface area contributed by atoms with Crippen LogP contribution >= 0.6 is 11.3 Å². The number of thiazole rings is 1. The van der Waals surface area contributed by atoms with Gasteiger partial charge in [-0.2, -0.15) is 0 Å². The van der Waals surface area contributed by atoms with E-state index in [1.165, 1.54) is 11.3 Å². The van der Waals surface area contributed by atoms with Gasteiger partial charge in [-0.05, 0) is 54.6 Å². The van der Waals surface area contributed by atoms with E-state index in [1.807, 2.05) is 38.1 Å². The maximum atomic E-state index is 12.6. The van der Waals surface area contributed by atoms with Gasteiger partial charge in [-0.25, -0.2) is 9.67 Å². The van der Waals surface area contributed by atoms with E-state index in [-0.39, 0.29) is 18.6 Å². The van der Waals surface area contributed by atoms with Gasteiger partial charge in [-0.1, -0.05) is 29.5 Å². The summed E-state index contributed by atoms with van der Waals surface area (Å²) in [7, 11) is 0. The summed E-state index contributed by atoms with van der Waals surface area (Å²) in [6.45, 7) is 4.20. The summed E-state index contributed by atoms with van der Waals surface area (Å²) >= 11 is 1.44. The van der Waals surface area contributed by atoms with E-state index in [0.29, 0.717) is 22.3 Å². The van der Waals surface area contributed by atoms with Crippen LogP contribution in [0.2, 0.25) is 0 Å². The van der Waals surface area contributed by atoms with Crippen LogP contribution in [0.1, 0.15) is 36.1 Å². The summed E-state index contributed by atoms with van der Waals surface area (Å²) in [6.07, 6.45) is 0. The zero-order valence-corrected chi connectivity index (χ0v) is 16.2. The Hall–Kier alpha value is -3.33. The Balaban J connectivity index is 1.45. The summed E-state index contributed by atoms with van der Waals surface area (Å²) in [5, 5.41) is 15.0. The third kappa shape index (κ3) is 3.84. The van der Waals surface area contributed by atoms with E-state index in [2.05, 4.69) is 25.8 Å². The molecular formula is C19H18N6O2S. The predicted molar refractivity (Wildman–Crippen MR) is 107 cm³/mol. The first-order chi connectivity index (χ1) is 13.6. The van der Waals surface area contributed by atoms with Gasteiger partial charge in [0.25, 0.3) is 5.91 Å². The second-order valence-electron chi connectivity index (χ2n) is 6.39. The molecule has 28 heavy (non-hydrogen) atoms. The number of fused-ring (bicyclic) bond motifs is 1. The SMILES string of the molecule is CC(C)n1nnnc1COc1cccc(C(=O)Nc2nc3ccccc3s2)c1. The number of rotatable bonds is 6. The van der Waals surface area contributed by atoms with Crippen molar-refractivity contribution >= 4 is 32.6 Å². The first-order valence-corrected chi connectivity index (χ1v) is 9.58. The van der Waals surface area contributed by atoms with E-state index < -0.39 is 0 Å². The molecule has 1 amide bonds. The first-order valence-electron chi connectivity index (χ1n) is 8.76. The Morgan fingerprint density at radius 2 is 2.07 bits per heavy atom. The van der Waals surface area contributed by atoms with Crippen LogP contribution in [0.25, 0.3) is 10.2 Å². The van der Waals surface area contributed by atoms with Crippen molar-refractivity contribution in [3.8, 4) is 5.75 Å². The lowest BCUT2D eigenvalue weighted by molar-refractivity contribution is 0.102. The number of benzene rings is 2. The van der Waals surface area contributed by atoms with Crippen LogP contribution in [0, 0.1) is 0 Å². The number of carbonyl (C=O) groups is 1. The Labute approximate surface area is 165 Å². The minimum Gasteiger partial charge on any atom is -0.486 e. The molecule has 2 aromatic carbocycles. The smallest absolute Gasteiger partial charge is 0.257 e. The van der Waals surface area contributed by atoms with Crippen LogP contribution in [-0.4, -0.2) is 31.1 Å². The van der Waals surface area contributed by atoms with Crippen molar-refractivity contribution in [1.82, 2.24) is 25.2 Å². The number of ether oxygens (including phenoxy) is 1. The molecule has 0 aliphatic heterocycles. The number of anilines is 1. The van der Waals surface area contributed by atoms with Crippen LogP contribution in [0.5, 0.6) is 5.75 Å². The third-order valence-electron chi connectivity index (χ3n) is 4.03. The maximum Gasteiger partial charge on any atom is 0.257 e. The molecule has 0 spiro atoms. The molecule has 0 unspecified atom stereocenters. The molecule has 2 aromatic heterocycles. The van der Waals surface area contributed by atoms with Gasteiger partial charge in [-0.15, -0.1) is 5.10 Å². The fourth-order valence-electron chi connectivity index (χ4n) is 2.68. The molecule has 0 radical (unpaired) electrons. The largest absolute Gasteiger partial charge is 0.486 e. The zero-order valence-electron chi connectivity index (χ0n) is 15.4. The van der Waals surface area contributed by atoms with Gasteiger partial charge in [0.1, 0.15) is 12.4 Å². The van der Waals surface area contributed by atoms with Gasteiger partial charge < -0.3 is 4.74 Å². The van der Waals surface area contributed by atoms with Gasteiger partial charge in [0.2, 0.25) is 0 Å². The van der Waals surface area contributed by atoms with Gasteiger partial charge in [0.05, 0.1) is 16.3 Å². The zero-order chi connectivity index (χ0) is 19.5. The van der Waals surface area contributed by atoms with Crippen LogP contribution < -0.4 is 10.1 Å². The van der Waals surface area contributed by atoms with Crippen molar-refractivity contribution in [3.63, 3.8) is 0 Å². The fourth-order valence-corrected chi connectivity index (χ4v) is 3.54. The van der Waals surface area contributed by atoms with E-state index in [4.69, 9.17) is 4.74 Å². The molecule has 0 aliphatic rings. The van der Waals surface area contributed by atoms with Gasteiger partial charge >= 0.3 is 0 Å². The van der Waals surface area contributed by atoms with Crippen molar-refractivity contribution in [2.24, 2.45) is 0 Å². The number of hydrogen-bond acceptors (Lipinski definition) is 7. The van der Waals surface area contributed by atoms with Crippen molar-refractivity contribution in [3.05, 3.63) is 59.9 Å². The monoisotopic (exact) mass is 394 g/mol. The highest BCUT2D eigenvalue weighted by atomic mass is 32.1. The normalized spacial score (nSPS) is 11.1. The second-order valence-corrected chi connectivity index (χ2v) is 7.42. The van der Waals surface area contributed by atoms with Crippen LogP contribution in [-0.2, 0) is 6.61 Å². The molecule has 8 nitrogen and oxygen atoms in total. The number of tetrazole rings is 1. The molecule has 0 fully saturated rings. The molecule has 0 saturated heterocycles. The molecule has 4 rings (SSSR count). The van der Waals surface area contributed by atoms with Crippen LogP contribution in [0.3, 0.4) is 0 Å². The lowest BCUT2D eigenvalue weighted by Gasteiger charge is -2.10. The Morgan fingerprint density at radius 1 is 1.21 bits per heavy atom. The molecule has 2 heterocycles. The van der Waals surface area contributed by atoms with Crippen LogP contribution in [0.4, 0.5) is 5.13 Å². The summed E-state index contributed by atoms with van der Waals surface area (Å²) in [5.74, 6) is 0.950. The second kappa shape index (κ2) is 7.73. The van der Waals surface area contributed by atoms with Crippen molar-refractivity contribution < 1.29 is 9.53 Å². The topological polar surface area (TPSA) is 94.8 Å². The van der Waals surface area contributed by atoms with Crippen molar-refractivity contribution in [1.29, 1.82) is 0 Å². The molecule has 4 aromatic rings. The maximum absolute atomic E-state index is 12.6. The Bertz CT molecular complexity index is 1090. The number of carbonyl (C=O) groups excluding carboxylic acids is 1.